The third-order valence-electron chi connectivity index (χ3n) is 5.05. The number of carbonyl (C=O) groups is 2. The van der Waals surface area contributed by atoms with Crippen LogP contribution in [-0.4, -0.2) is 66.3 Å². The molecule has 2 atom stereocenters. The van der Waals surface area contributed by atoms with Gasteiger partial charge in [-0.2, -0.15) is 11.8 Å². The SMILES string of the molecule is COCc1cccc(C[C@H](O)/C=C/[C@H]2CCC(=O)N2CCSCCCC(=O)OC)c1. The van der Waals surface area contributed by atoms with Crippen molar-refractivity contribution in [2.24, 2.45) is 0 Å². The molecular formula is C23H33NO5S. The van der Waals surface area contributed by atoms with Crippen LogP contribution in [0.25, 0.3) is 0 Å². The number of ether oxygens (including phenoxy) is 2. The zero-order valence-electron chi connectivity index (χ0n) is 17.9. The molecule has 1 amide bonds. The molecule has 6 nitrogen and oxygen atoms in total. The lowest BCUT2D eigenvalue weighted by Gasteiger charge is -2.22. The van der Waals surface area contributed by atoms with Crippen LogP contribution < -0.4 is 0 Å². The minimum Gasteiger partial charge on any atom is -0.469 e. The van der Waals surface area contributed by atoms with Gasteiger partial charge >= 0.3 is 5.97 Å². The fourth-order valence-electron chi connectivity index (χ4n) is 3.51. The van der Waals surface area contributed by atoms with Crippen LogP contribution in [0.4, 0.5) is 0 Å². The van der Waals surface area contributed by atoms with Gasteiger partial charge in [-0.05, 0) is 29.7 Å². The summed E-state index contributed by atoms with van der Waals surface area (Å²) < 4.78 is 9.79. The van der Waals surface area contributed by atoms with Gasteiger partial charge < -0.3 is 19.5 Å². The Morgan fingerprint density at radius 2 is 2.13 bits per heavy atom. The van der Waals surface area contributed by atoms with E-state index < -0.39 is 6.10 Å². The summed E-state index contributed by atoms with van der Waals surface area (Å²) in [4.78, 5) is 25.2. The maximum Gasteiger partial charge on any atom is 0.305 e. The molecule has 0 saturated carbocycles. The van der Waals surface area contributed by atoms with Gasteiger partial charge in [0.1, 0.15) is 0 Å². The van der Waals surface area contributed by atoms with Gasteiger partial charge in [0.15, 0.2) is 0 Å². The second-order valence-electron chi connectivity index (χ2n) is 7.39. The first-order valence-electron chi connectivity index (χ1n) is 10.4. The Balaban J connectivity index is 1.76. The molecule has 7 heteroatoms. The molecule has 1 aromatic rings. The van der Waals surface area contributed by atoms with E-state index in [1.807, 2.05) is 41.3 Å². The van der Waals surface area contributed by atoms with Gasteiger partial charge in [0.2, 0.25) is 5.91 Å². The third kappa shape index (κ3) is 8.50. The number of hydrogen-bond acceptors (Lipinski definition) is 6. The van der Waals surface area contributed by atoms with Crippen molar-refractivity contribution in [2.75, 3.05) is 32.3 Å². The number of likely N-dealkylation sites (tertiary alicyclic amines) is 1. The summed E-state index contributed by atoms with van der Waals surface area (Å²) >= 11 is 1.74. The van der Waals surface area contributed by atoms with E-state index in [-0.39, 0.29) is 17.9 Å². The smallest absolute Gasteiger partial charge is 0.305 e. The molecule has 1 heterocycles. The molecule has 1 N–H and O–H groups in total. The second kappa shape index (κ2) is 13.5. The fourth-order valence-corrected chi connectivity index (χ4v) is 4.39. The molecule has 0 aliphatic carbocycles. The van der Waals surface area contributed by atoms with Crippen LogP contribution in [0.3, 0.4) is 0 Å². The van der Waals surface area contributed by atoms with Gasteiger partial charge in [0, 0.05) is 38.7 Å². The van der Waals surface area contributed by atoms with Crippen molar-refractivity contribution in [2.45, 2.75) is 50.9 Å². The van der Waals surface area contributed by atoms with E-state index in [4.69, 9.17) is 4.74 Å². The third-order valence-corrected chi connectivity index (χ3v) is 6.10. The van der Waals surface area contributed by atoms with Crippen LogP contribution in [0.2, 0.25) is 0 Å². The van der Waals surface area contributed by atoms with Crippen LogP contribution in [0, 0.1) is 0 Å². The number of methoxy groups -OCH3 is 2. The molecule has 2 rings (SSSR count). The number of benzene rings is 1. The molecule has 1 aromatic carbocycles. The Kier molecular flexibility index (Phi) is 11.0. The average Bonchev–Trinajstić information content (AvgIpc) is 3.08. The molecule has 1 aliphatic heterocycles. The van der Waals surface area contributed by atoms with Crippen molar-refractivity contribution in [3.63, 3.8) is 0 Å². The van der Waals surface area contributed by atoms with Crippen molar-refractivity contribution >= 4 is 23.6 Å². The number of amides is 1. The first kappa shape index (κ1) is 24.4. The molecular weight excluding hydrogens is 402 g/mol. The predicted octanol–water partition coefficient (Wildman–Crippen LogP) is 2.97. The fraction of sp³-hybridized carbons (Fsp3) is 0.565. The van der Waals surface area contributed by atoms with Crippen molar-refractivity contribution < 1.29 is 24.2 Å². The molecule has 0 spiro atoms. The van der Waals surface area contributed by atoms with Gasteiger partial charge in [-0.15, -0.1) is 0 Å². The Morgan fingerprint density at radius 3 is 2.90 bits per heavy atom. The molecule has 166 valence electrons. The number of esters is 1. The number of thioether (sulfide) groups is 1. The monoisotopic (exact) mass is 435 g/mol. The van der Waals surface area contributed by atoms with E-state index in [0.717, 1.165) is 35.5 Å². The summed E-state index contributed by atoms with van der Waals surface area (Å²) in [7, 11) is 3.07. The lowest BCUT2D eigenvalue weighted by atomic mass is 10.0. The summed E-state index contributed by atoms with van der Waals surface area (Å²) in [5, 5.41) is 10.4. The maximum absolute atomic E-state index is 12.2. The first-order chi connectivity index (χ1) is 14.5. The number of rotatable bonds is 13. The van der Waals surface area contributed by atoms with Crippen molar-refractivity contribution in [1.29, 1.82) is 0 Å². The van der Waals surface area contributed by atoms with Crippen LogP contribution in [-0.2, 0) is 32.1 Å². The average molecular weight is 436 g/mol. The van der Waals surface area contributed by atoms with E-state index in [1.54, 1.807) is 18.9 Å². The lowest BCUT2D eigenvalue weighted by Crippen LogP contribution is -2.34. The van der Waals surface area contributed by atoms with Gasteiger partial charge in [-0.1, -0.05) is 36.4 Å². The van der Waals surface area contributed by atoms with Crippen LogP contribution >= 0.6 is 11.8 Å². The van der Waals surface area contributed by atoms with Gasteiger partial charge in [-0.25, -0.2) is 0 Å². The molecule has 0 aromatic heterocycles. The molecule has 0 radical (unpaired) electrons. The summed E-state index contributed by atoms with van der Waals surface area (Å²) in [5.74, 6) is 1.70. The summed E-state index contributed by atoms with van der Waals surface area (Å²) in [5.41, 5.74) is 2.15. The van der Waals surface area contributed by atoms with Crippen molar-refractivity contribution in [3.05, 3.63) is 47.5 Å². The van der Waals surface area contributed by atoms with Gasteiger partial charge in [0.05, 0.1) is 25.9 Å². The van der Waals surface area contributed by atoms with Gasteiger partial charge in [0.25, 0.3) is 0 Å². The Bertz CT molecular complexity index is 709. The Labute approximate surface area is 183 Å². The van der Waals surface area contributed by atoms with E-state index in [2.05, 4.69) is 4.74 Å². The van der Waals surface area contributed by atoms with E-state index in [1.165, 1.54) is 7.11 Å². The molecule has 30 heavy (non-hydrogen) atoms. The van der Waals surface area contributed by atoms with Crippen molar-refractivity contribution in [1.82, 2.24) is 4.90 Å². The maximum atomic E-state index is 12.2. The number of aliphatic hydroxyl groups is 1. The highest BCUT2D eigenvalue weighted by Crippen LogP contribution is 2.21. The largest absolute Gasteiger partial charge is 0.469 e. The Hall–Kier alpha value is -1.83. The quantitative estimate of drug-likeness (QED) is 0.292. The van der Waals surface area contributed by atoms with Crippen LogP contribution in [0.5, 0.6) is 0 Å². The van der Waals surface area contributed by atoms with E-state index in [9.17, 15) is 14.7 Å². The highest BCUT2D eigenvalue weighted by molar-refractivity contribution is 7.99. The normalized spacial score (nSPS) is 17.6. The first-order valence-corrected chi connectivity index (χ1v) is 11.6. The molecule has 1 saturated heterocycles. The van der Waals surface area contributed by atoms with E-state index in [0.29, 0.717) is 32.4 Å². The predicted molar refractivity (Wildman–Crippen MR) is 119 cm³/mol. The number of aliphatic hydroxyl groups excluding tert-OH is 1. The molecule has 1 fully saturated rings. The minimum absolute atomic E-state index is 0.0441. The highest BCUT2D eigenvalue weighted by Gasteiger charge is 2.28. The molecule has 0 bridgehead atoms. The molecule has 0 unspecified atom stereocenters. The zero-order chi connectivity index (χ0) is 21.8. The van der Waals surface area contributed by atoms with E-state index >= 15 is 0 Å². The standard InChI is InChI=1S/C23H33NO5S/c1-28-17-19-6-3-5-18(15-19)16-21(25)10-8-20-9-11-22(26)24(20)12-14-30-13-4-7-23(27)29-2/h3,5-6,8,10,15,20-21,25H,4,7,9,11-14,16-17H2,1-2H3/b10-8+/t20-,21+/m0/s1. The lowest BCUT2D eigenvalue weighted by molar-refractivity contribution is -0.140. The molecule has 1 aliphatic rings. The van der Waals surface area contributed by atoms with Crippen molar-refractivity contribution in [3.8, 4) is 0 Å². The summed E-state index contributed by atoms with van der Waals surface area (Å²) in [6, 6.07) is 8.07. The second-order valence-corrected chi connectivity index (χ2v) is 8.62. The summed E-state index contributed by atoms with van der Waals surface area (Å²) in [6.45, 7) is 1.24. The highest BCUT2D eigenvalue weighted by atomic mass is 32.2. The zero-order valence-corrected chi connectivity index (χ0v) is 18.7. The Morgan fingerprint density at radius 1 is 1.33 bits per heavy atom. The minimum atomic E-state index is -0.590. The number of hydrogen-bond donors (Lipinski definition) is 1. The van der Waals surface area contributed by atoms with Gasteiger partial charge in [-0.3, -0.25) is 9.59 Å². The topological polar surface area (TPSA) is 76.1 Å². The van der Waals surface area contributed by atoms with Crippen LogP contribution in [0.1, 0.15) is 36.8 Å². The number of nitrogens with zero attached hydrogens (tertiary/aromatic N) is 1. The number of carbonyl (C=O) groups excluding carboxylic acids is 2. The van der Waals surface area contributed by atoms with Crippen LogP contribution in [0.15, 0.2) is 36.4 Å². The summed E-state index contributed by atoms with van der Waals surface area (Å²) in [6.07, 6.45) is 6.28.